The van der Waals surface area contributed by atoms with Gasteiger partial charge in [0.05, 0.1) is 6.54 Å². The molecule has 1 aliphatic rings. The van der Waals surface area contributed by atoms with E-state index in [2.05, 4.69) is 20.4 Å². The molecule has 112 valence electrons. The number of hydrogen-bond donors (Lipinski definition) is 1. The Hall–Kier alpha value is -1.73. The number of rotatable bonds is 4. The molecule has 0 aliphatic carbocycles. The predicted molar refractivity (Wildman–Crippen MR) is 78.9 cm³/mol. The third-order valence-corrected chi connectivity index (χ3v) is 4.37. The van der Waals surface area contributed by atoms with Gasteiger partial charge in [0.25, 0.3) is 0 Å². The summed E-state index contributed by atoms with van der Waals surface area (Å²) in [5.74, 6) is 1.52. The summed E-state index contributed by atoms with van der Waals surface area (Å²) < 4.78 is 5.23. The quantitative estimate of drug-likeness (QED) is 0.934. The van der Waals surface area contributed by atoms with Gasteiger partial charge < -0.3 is 9.84 Å². The summed E-state index contributed by atoms with van der Waals surface area (Å²) >= 11 is 1.59. The number of hydrogen-bond acceptors (Lipinski definition) is 6. The van der Waals surface area contributed by atoms with Gasteiger partial charge in [-0.3, -0.25) is 9.69 Å². The van der Waals surface area contributed by atoms with Crippen molar-refractivity contribution in [2.24, 2.45) is 0 Å². The molecule has 0 bridgehead atoms. The van der Waals surface area contributed by atoms with Gasteiger partial charge in [-0.2, -0.15) is 4.98 Å². The van der Waals surface area contributed by atoms with Gasteiger partial charge in [-0.15, -0.1) is 11.3 Å². The third kappa shape index (κ3) is 2.98. The topological polar surface area (TPSA) is 71.3 Å². The minimum atomic E-state index is -0.264. The van der Waals surface area contributed by atoms with Crippen molar-refractivity contribution in [1.29, 1.82) is 0 Å². The minimum Gasteiger partial charge on any atom is -0.353 e. The number of carbonyl (C=O) groups excluding carboxylic acids is 1. The fourth-order valence-corrected chi connectivity index (χ4v) is 3.24. The second kappa shape index (κ2) is 5.95. The van der Waals surface area contributed by atoms with Crippen molar-refractivity contribution in [3.05, 3.63) is 34.1 Å². The van der Waals surface area contributed by atoms with Crippen molar-refractivity contribution in [3.63, 3.8) is 0 Å². The number of nitrogens with zero attached hydrogens (tertiary/aromatic N) is 3. The Morgan fingerprint density at radius 3 is 3.10 bits per heavy atom. The second-order valence-corrected chi connectivity index (χ2v) is 6.36. The van der Waals surface area contributed by atoms with Crippen molar-refractivity contribution in [3.8, 4) is 0 Å². The Bertz CT molecular complexity index is 608. The molecule has 0 aromatic carbocycles. The fraction of sp³-hybridized carbons (Fsp3) is 0.500. The smallest absolute Gasteiger partial charge is 0.242 e. The molecule has 1 amide bonds. The summed E-state index contributed by atoms with van der Waals surface area (Å²) in [6, 6.07) is 3.69. The zero-order valence-corrected chi connectivity index (χ0v) is 12.9. The van der Waals surface area contributed by atoms with Gasteiger partial charge in [-0.05, 0) is 11.4 Å². The molecule has 0 spiro atoms. The Morgan fingerprint density at radius 2 is 2.43 bits per heavy atom. The van der Waals surface area contributed by atoms with Gasteiger partial charge in [0.1, 0.15) is 6.04 Å². The highest BCUT2D eigenvalue weighted by atomic mass is 32.1. The highest BCUT2D eigenvalue weighted by Gasteiger charge is 2.32. The molecule has 6 nitrogen and oxygen atoms in total. The molecule has 3 rings (SSSR count). The molecule has 0 saturated carbocycles. The van der Waals surface area contributed by atoms with Crippen molar-refractivity contribution in [1.82, 2.24) is 20.4 Å². The minimum absolute atomic E-state index is 0.0382. The van der Waals surface area contributed by atoms with Crippen LogP contribution in [0.1, 0.15) is 42.4 Å². The third-order valence-electron chi connectivity index (χ3n) is 3.45. The van der Waals surface area contributed by atoms with Crippen LogP contribution in [0.4, 0.5) is 0 Å². The molecular weight excluding hydrogens is 288 g/mol. The molecular formula is C14H18N4O2S. The molecule has 21 heavy (non-hydrogen) atoms. The van der Waals surface area contributed by atoms with Crippen LogP contribution < -0.4 is 5.32 Å². The van der Waals surface area contributed by atoms with Gasteiger partial charge >= 0.3 is 0 Å². The monoisotopic (exact) mass is 306 g/mol. The lowest BCUT2D eigenvalue weighted by molar-refractivity contribution is -0.129. The van der Waals surface area contributed by atoms with Crippen molar-refractivity contribution >= 4 is 17.2 Å². The van der Waals surface area contributed by atoms with E-state index in [4.69, 9.17) is 4.52 Å². The normalized spacial score (nSPS) is 20.0. The van der Waals surface area contributed by atoms with Crippen LogP contribution in [0.15, 0.2) is 22.0 Å². The summed E-state index contributed by atoms with van der Waals surface area (Å²) in [5, 5.41) is 8.92. The molecule has 1 N–H and O–H groups in total. The molecule has 1 fully saturated rings. The van der Waals surface area contributed by atoms with Gasteiger partial charge in [-0.1, -0.05) is 25.1 Å². The number of piperazine rings is 1. The van der Waals surface area contributed by atoms with Crippen LogP contribution in [0.25, 0.3) is 0 Å². The van der Waals surface area contributed by atoms with Crippen LogP contribution >= 0.6 is 11.3 Å². The van der Waals surface area contributed by atoms with E-state index in [1.807, 2.05) is 31.4 Å². The number of thiophene rings is 1. The van der Waals surface area contributed by atoms with Crippen LogP contribution in [-0.4, -0.2) is 34.0 Å². The van der Waals surface area contributed by atoms with Crippen molar-refractivity contribution in [2.75, 3.05) is 13.1 Å². The molecule has 0 unspecified atom stereocenters. The molecule has 1 aliphatic heterocycles. The Morgan fingerprint density at radius 1 is 1.57 bits per heavy atom. The van der Waals surface area contributed by atoms with E-state index < -0.39 is 0 Å². The fourth-order valence-electron chi connectivity index (χ4n) is 2.39. The molecule has 2 aromatic heterocycles. The SMILES string of the molecule is CC(C)c1nc(CN2CCNC(=O)[C@@H]2c2cccs2)no1. The van der Waals surface area contributed by atoms with Crippen LogP contribution in [-0.2, 0) is 11.3 Å². The lowest BCUT2D eigenvalue weighted by Crippen LogP contribution is -2.49. The maximum absolute atomic E-state index is 12.2. The van der Waals surface area contributed by atoms with Crippen LogP contribution in [0.2, 0.25) is 0 Å². The van der Waals surface area contributed by atoms with E-state index in [0.717, 1.165) is 11.4 Å². The molecule has 1 saturated heterocycles. The average molecular weight is 306 g/mol. The van der Waals surface area contributed by atoms with Crippen molar-refractivity contribution in [2.45, 2.75) is 32.4 Å². The van der Waals surface area contributed by atoms with Gasteiger partial charge in [0.2, 0.25) is 11.8 Å². The zero-order chi connectivity index (χ0) is 14.8. The van der Waals surface area contributed by atoms with E-state index in [1.54, 1.807) is 11.3 Å². The van der Waals surface area contributed by atoms with Gasteiger partial charge in [0.15, 0.2) is 5.82 Å². The molecule has 0 radical (unpaired) electrons. The van der Waals surface area contributed by atoms with E-state index in [9.17, 15) is 4.79 Å². The van der Waals surface area contributed by atoms with Crippen LogP contribution in [0, 0.1) is 0 Å². The number of aromatic nitrogens is 2. The first-order valence-electron chi connectivity index (χ1n) is 7.03. The summed E-state index contributed by atoms with van der Waals surface area (Å²) in [4.78, 5) is 19.7. The first-order chi connectivity index (χ1) is 10.1. The summed E-state index contributed by atoms with van der Waals surface area (Å²) in [5.41, 5.74) is 0. The van der Waals surface area contributed by atoms with Crippen LogP contribution in [0.5, 0.6) is 0 Å². The van der Waals surface area contributed by atoms with Gasteiger partial charge in [0, 0.05) is 23.9 Å². The standard InChI is InChI=1S/C14H18N4O2S/c1-9(2)14-16-11(17-20-14)8-18-6-5-15-13(19)12(18)10-4-3-7-21-10/h3-4,7,9,12H,5-6,8H2,1-2H3,(H,15,19)/t12-/m0/s1. The first-order valence-corrected chi connectivity index (χ1v) is 7.90. The highest BCUT2D eigenvalue weighted by molar-refractivity contribution is 7.10. The summed E-state index contributed by atoms with van der Waals surface area (Å²) in [6.45, 7) is 5.97. The molecule has 2 aromatic rings. The first kappa shape index (κ1) is 14.2. The van der Waals surface area contributed by atoms with E-state index in [1.165, 1.54) is 0 Å². The van der Waals surface area contributed by atoms with Gasteiger partial charge in [-0.25, -0.2) is 0 Å². The lowest BCUT2D eigenvalue weighted by Gasteiger charge is -2.33. The number of amides is 1. The van der Waals surface area contributed by atoms with E-state index >= 15 is 0 Å². The maximum atomic E-state index is 12.2. The lowest BCUT2D eigenvalue weighted by atomic mass is 10.1. The second-order valence-electron chi connectivity index (χ2n) is 5.38. The Balaban J connectivity index is 1.79. The average Bonchev–Trinajstić information content (AvgIpc) is 3.10. The maximum Gasteiger partial charge on any atom is 0.242 e. The Kier molecular flexibility index (Phi) is 4.03. The molecule has 7 heteroatoms. The highest BCUT2D eigenvalue weighted by Crippen LogP contribution is 2.28. The number of carbonyl (C=O) groups is 1. The van der Waals surface area contributed by atoms with Crippen LogP contribution in [0.3, 0.4) is 0 Å². The molecule has 1 atom stereocenters. The summed E-state index contributed by atoms with van der Waals surface area (Å²) in [6.07, 6.45) is 0. The predicted octanol–water partition coefficient (Wildman–Crippen LogP) is 1.93. The van der Waals surface area contributed by atoms with E-state index in [-0.39, 0.29) is 17.9 Å². The van der Waals surface area contributed by atoms with Crippen molar-refractivity contribution < 1.29 is 9.32 Å². The number of nitrogens with one attached hydrogen (secondary N) is 1. The summed E-state index contributed by atoms with van der Waals surface area (Å²) in [7, 11) is 0. The largest absolute Gasteiger partial charge is 0.353 e. The molecule has 3 heterocycles. The van der Waals surface area contributed by atoms with E-state index in [0.29, 0.717) is 24.8 Å². The Labute approximate surface area is 127 Å². The zero-order valence-electron chi connectivity index (χ0n) is 12.1.